The standard InChI is InChI=1S/C10H15BrO2/c1-9-2-4-10(5-3-9,7-13-9)8(12)6-11/h2-7H2,1H3. The van der Waals surface area contributed by atoms with Gasteiger partial charge in [-0.05, 0) is 32.6 Å². The third-order valence-corrected chi connectivity index (χ3v) is 4.18. The number of ether oxygens (including phenoxy) is 1. The van der Waals surface area contributed by atoms with E-state index in [1.165, 1.54) is 0 Å². The summed E-state index contributed by atoms with van der Waals surface area (Å²) in [6, 6.07) is 0. The Morgan fingerprint density at radius 1 is 1.38 bits per heavy atom. The molecule has 0 N–H and O–H groups in total. The Labute approximate surface area is 87.2 Å². The first-order chi connectivity index (χ1) is 6.10. The Morgan fingerprint density at radius 2 is 2.00 bits per heavy atom. The Hall–Kier alpha value is 0.110. The van der Waals surface area contributed by atoms with Crippen LogP contribution in [0.4, 0.5) is 0 Å². The van der Waals surface area contributed by atoms with Gasteiger partial charge >= 0.3 is 0 Å². The quantitative estimate of drug-likeness (QED) is 0.700. The van der Waals surface area contributed by atoms with Crippen molar-refractivity contribution in [3.8, 4) is 0 Å². The molecule has 0 aromatic rings. The van der Waals surface area contributed by atoms with E-state index in [0.717, 1.165) is 25.7 Å². The van der Waals surface area contributed by atoms with E-state index in [2.05, 4.69) is 22.9 Å². The topological polar surface area (TPSA) is 26.3 Å². The first-order valence-corrected chi connectivity index (χ1v) is 5.96. The Balaban J connectivity index is 2.15. The maximum Gasteiger partial charge on any atom is 0.151 e. The van der Waals surface area contributed by atoms with E-state index in [4.69, 9.17) is 4.74 Å². The highest BCUT2D eigenvalue weighted by molar-refractivity contribution is 9.09. The number of alkyl halides is 1. The number of carbonyl (C=O) groups is 1. The van der Waals surface area contributed by atoms with Gasteiger partial charge in [0, 0.05) is 0 Å². The molecule has 0 spiro atoms. The number of rotatable bonds is 2. The molecule has 1 saturated carbocycles. The zero-order valence-electron chi connectivity index (χ0n) is 7.94. The fraction of sp³-hybridized carbons (Fsp3) is 0.900. The van der Waals surface area contributed by atoms with E-state index in [-0.39, 0.29) is 11.0 Å². The van der Waals surface area contributed by atoms with Gasteiger partial charge in [-0.3, -0.25) is 4.79 Å². The number of halogens is 1. The zero-order valence-corrected chi connectivity index (χ0v) is 9.52. The minimum Gasteiger partial charge on any atom is -0.374 e. The van der Waals surface area contributed by atoms with E-state index in [9.17, 15) is 4.79 Å². The lowest BCUT2D eigenvalue weighted by molar-refractivity contribution is -0.180. The average molecular weight is 247 g/mol. The van der Waals surface area contributed by atoms with Gasteiger partial charge in [0.1, 0.15) is 0 Å². The summed E-state index contributed by atoms with van der Waals surface area (Å²) in [4.78, 5) is 11.7. The average Bonchev–Trinajstić information content (AvgIpc) is 2.18. The smallest absolute Gasteiger partial charge is 0.151 e. The molecule has 3 fully saturated rings. The molecule has 1 aliphatic carbocycles. The van der Waals surface area contributed by atoms with E-state index in [1.54, 1.807) is 0 Å². The van der Waals surface area contributed by atoms with Crippen molar-refractivity contribution in [1.29, 1.82) is 0 Å². The van der Waals surface area contributed by atoms with Gasteiger partial charge in [0.25, 0.3) is 0 Å². The molecule has 2 aliphatic heterocycles. The lowest BCUT2D eigenvalue weighted by atomic mass is 9.65. The fourth-order valence-electron chi connectivity index (χ4n) is 2.36. The van der Waals surface area contributed by atoms with Crippen molar-refractivity contribution < 1.29 is 9.53 Å². The van der Waals surface area contributed by atoms with Crippen molar-refractivity contribution in [3.05, 3.63) is 0 Å². The van der Waals surface area contributed by atoms with Crippen molar-refractivity contribution in [3.63, 3.8) is 0 Å². The molecular weight excluding hydrogens is 232 g/mol. The minimum atomic E-state index is -0.138. The van der Waals surface area contributed by atoms with Gasteiger partial charge in [-0.15, -0.1) is 0 Å². The van der Waals surface area contributed by atoms with Crippen LogP contribution in [-0.2, 0) is 9.53 Å². The highest BCUT2D eigenvalue weighted by atomic mass is 79.9. The van der Waals surface area contributed by atoms with Crippen LogP contribution in [-0.4, -0.2) is 23.3 Å². The molecule has 13 heavy (non-hydrogen) atoms. The Bertz CT molecular complexity index is 213. The number of fused-ring (bicyclic) bond motifs is 3. The number of Topliss-reactive ketones (excluding diaryl/α,β-unsaturated/α-hetero) is 1. The normalized spacial score (nSPS) is 43.5. The van der Waals surface area contributed by atoms with Gasteiger partial charge in [0.05, 0.1) is 23.0 Å². The summed E-state index contributed by atoms with van der Waals surface area (Å²) in [5, 5.41) is 0.479. The summed E-state index contributed by atoms with van der Waals surface area (Å²) in [6.45, 7) is 2.81. The van der Waals surface area contributed by atoms with Crippen molar-refractivity contribution >= 4 is 21.7 Å². The van der Waals surface area contributed by atoms with Gasteiger partial charge in [0.2, 0.25) is 0 Å². The monoisotopic (exact) mass is 246 g/mol. The first kappa shape index (κ1) is 9.66. The first-order valence-electron chi connectivity index (χ1n) is 4.84. The summed E-state index contributed by atoms with van der Waals surface area (Å²) in [7, 11) is 0. The molecule has 2 bridgehead atoms. The number of carbonyl (C=O) groups excluding carboxylic acids is 1. The third kappa shape index (κ3) is 1.46. The van der Waals surface area contributed by atoms with E-state index >= 15 is 0 Å². The molecule has 0 amide bonds. The Kier molecular flexibility index (Phi) is 2.27. The van der Waals surface area contributed by atoms with Crippen molar-refractivity contribution in [2.24, 2.45) is 5.41 Å². The maximum absolute atomic E-state index is 11.7. The lowest BCUT2D eigenvalue weighted by Gasteiger charge is -2.50. The molecule has 74 valence electrons. The summed E-state index contributed by atoms with van der Waals surface area (Å²) >= 11 is 3.25. The number of hydrogen-bond donors (Lipinski definition) is 0. The molecule has 0 atom stereocenters. The molecule has 0 unspecified atom stereocenters. The number of hydrogen-bond acceptors (Lipinski definition) is 2. The Morgan fingerprint density at radius 3 is 2.38 bits per heavy atom. The maximum atomic E-state index is 11.7. The van der Waals surface area contributed by atoms with Crippen LogP contribution in [0.3, 0.4) is 0 Å². The molecule has 3 rings (SSSR count). The SMILES string of the molecule is CC12CCC(C(=O)CBr)(CC1)CO2. The molecule has 3 heteroatoms. The predicted molar refractivity (Wildman–Crippen MR) is 54.1 cm³/mol. The minimum absolute atomic E-state index is 0.0777. The summed E-state index contributed by atoms with van der Waals surface area (Å²) in [5.41, 5.74) is -0.0599. The van der Waals surface area contributed by atoms with E-state index < -0.39 is 0 Å². The molecule has 0 aromatic carbocycles. The molecule has 0 aromatic heterocycles. The highest BCUT2D eigenvalue weighted by Crippen LogP contribution is 2.49. The van der Waals surface area contributed by atoms with Crippen LogP contribution in [0.5, 0.6) is 0 Å². The van der Waals surface area contributed by atoms with Crippen LogP contribution >= 0.6 is 15.9 Å². The fourth-order valence-corrected chi connectivity index (χ4v) is 2.95. The van der Waals surface area contributed by atoms with Crippen LogP contribution in [0, 0.1) is 5.41 Å². The van der Waals surface area contributed by atoms with Crippen LogP contribution in [0.25, 0.3) is 0 Å². The van der Waals surface area contributed by atoms with Crippen molar-refractivity contribution in [2.75, 3.05) is 11.9 Å². The summed E-state index contributed by atoms with van der Waals surface area (Å²) in [6.07, 6.45) is 4.14. The van der Waals surface area contributed by atoms with Crippen LogP contribution in [0.2, 0.25) is 0 Å². The van der Waals surface area contributed by atoms with Crippen LogP contribution in [0.1, 0.15) is 32.6 Å². The molecule has 2 nitrogen and oxygen atoms in total. The second-order valence-electron chi connectivity index (χ2n) is 4.58. The van der Waals surface area contributed by atoms with E-state index in [0.29, 0.717) is 17.7 Å². The molecule has 2 heterocycles. The molecule has 2 saturated heterocycles. The van der Waals surface area contributed by atoms with Crippen LogP contribution < -0.4 is 0 Å². The third-order valence-electron chi connectivity index (χ3n) is 3.67. The molecule has 3 aliphatic rings. The lowest BCUT2D eigenvalue weighted by Crippen LogP contribution is -2.53. The van der Waals surface area contributed by atoms with Gasteiger partial charge in [-0.2, -0.15) is 0 Å². The molecular formula is C10H15BrO2. The highest BCUT2D eigenvalue weighted by Gasteiger charge is 2.50. The summed E-state index contributed by atoms with van der Waals surface area (Å²) in [5.74, 6) is 0.328. The van der Waals surface area contributed by atoms with Gasteiger partial charge < -0.3 is 4.74 Å². The van der Waals surface area contributed by atoms with Gasteiger partial charge in [0.15, 0.2) is 5.78 Å². The second-order valence-corrected chi connectivity index (χ2v) is 5.14. The predicted octanol–water partition coefficient (Wildman–Crippen LogP) is 2.30. The molecule has 0 radical (unpaired) electrons. The van der Waals surface area contributed by atoms with Crippen LogP contribution in [0.15, 0.2) is 0 Å². The zero-order chi connectivity index (χ0) is 9.53. The van der Waals surface area contributed by atoms with Crippen molar-refractivity contribution in [1.82, 2.24) is 0 Å². The number of ketones is 1. The van der Waals surface area contributed by atoms with Crippen molar-refractivity contribution in [2.45, 2.75) is 38.2 Å². The second kappa shape index (κ2) is 3.06. The van der Waals surface area contributed by atoms with E-state index in [1.807, 2.05) is 0 Å². The van der Waals surface area contributed by atoms with Gasteiger partial charge in [-0.1, -0.05) is 15.9 Å². The largest absolute Gasteiger partial charge is 0.374 e. The summed E-state index contributed by atoms with van der Waals surface area (Å²) < 4.78 is 5.75. The van der Waals surface area contributed by atoms with Gasteiger partial charge in [-0.25, -0.2) is 0 Å².